The molecule has 0 radical (unpaired) electrons. The molecule has 1 amide bonds. The zero-order chi connectivity index (χ0) is 9.42. The van der Waals surface area contributed by atoms with E-state index in [-0.39, 0.29) is 5.91 Å². The molecule has 68 valence electrons. The number of aryl methyl sites for hydroxylation is 1. The highest BCUT2D eigenvalue weighted by atomic mass is 16.2. The molecular formula is C11H13NO. The van der Waals surface area contributed by atoms with Gasteiger partial charge in [-0.05, 0) is 18.1 Å². The van der Waals surface area contributed by atoms with Gasteiger partial charge in [-0.25, -0.2) is 0 Å². The molecule has 1 aliphatic rings. The second kappa shape index (κ2) is 2.87. The van der Waals surface area contributed by atoms with Gasteiger partial charge in [-0.3, -0.25) is 4.79 Å². The summed E-state index contributed by atoms with van der Waals surface area (Å²) >= 11 is 0. The van der Waals surface area contributed by atoms with E-state index >= 15 is 0 Å². The summed E-state index contributed by atoms with van der Waals surface area (Å²) in [5.41, 5.74) is 3.75. The third kappa shape index (κ3) is 1.44. The van der Waals surface area contributed by atoms with Crippen molar-refractivity contribution in [1.82, 2.24) is 4.90 Å². The molecule has 13 heavy (non-hydrogen) atoms. The van der Waals surface area contributed by atoms with Gasteiger partial charge < -0.3 is 4.90 Å². The van der Waals surface area contributed by atoms with Crippen molar-refractivity contribution in [1.29, 1.82) is 0 Å². The van der Waals surface area contributed by atoms with Gasteiger partial charge in [-0.15, -0.1) is 0 Å². The van der Waals surface area contributed by atoms with Crippen LogP contribution in [0, 0.1) is 6.92 Å². The molecule has 0 spiro atoms. The lowest BCUT2D eigenvalue weighted by atomic mass is 9.98. The monoisotopic (exact) mass is 175 g/mol. The quantitative estimate of drug-likeness (QED) is 0.585. The van der Waals surface area contributed by atoms with Crippen molar-refractivity contribution in [2.75, 3.05) is 7.05 Å². The van der Waals surface area contributed by atoms with E-state index in [0.717, 1.165) is 6.54 Å². The molecule has 1 heterocycles. The van der Waals surface area contributed by atoms with Crippen LogP contribution in [-0.2, 0) is 17.8 Å². The molecule has 0 saturated carbocycles. The lowest BCUT2D eigenvalue weighted by Crippen LogP contribution is -2.32. The Labute approximate surface area is 78.2 Å². The summed E-state index contributed by atoms with van der Waals surface area (Å²) in [6.45, 7) is 2.84. The Balaban J connectivity index is 2.42. The average molecular weight is 175 g/mol. The van der Waals surface area contributed by atoms with Crippen LogP contribution in [0.1, 0.15) is 16.7 Å². The van der Waals surface area contributed by atoms with E-state index < -0.39 is 0 Å². The molecule has 0 bridgehead atoms. The minimum Gasteiger partial charge on any atom is -0.341 e. The summed E-state index contributed by atoms with van der Waals surface area (Å²) in [6.07, 6.45) is 0.562. The second-order valence-corrected chi connectivity index (χ2v) is 3.70. The summed E-state index contributed by atoms with van der Waals surface area (Å²) in [4.78, 5) is 13.1. The Kier molecular flexibility index (Phi) is 1.83. The van der Waals surface area contributed by atoms with Crippen molar-refractivity contribution in [3.05, 3.63) is 34.9 Å². The van der Waals surface area contributed by atoms with Gasteiger partial charge in [0.25, 0.3) is 0 Å². The minimum absolute atomic E-state index is 0.219. The van der Waals surface area contributed by atoms with Crippen LogP contribution in [0.4, 0.5) is 0 Å². The van der Waals surface area contributed by atoms with Gasteiger partial charge in [-0.1, -0.05) is 23.8 Å². The largest absolute Gasteiger partial charge is 0.341 e. The smallest absolute Gasteiger partial charge is 0.227 e. The molecule has 0 saturated heterocycles. The number of benzene rings is 1. The van der Waals surface area contributed by atoms with Gasteiger partial charge in [0.15, 0.2) is 0 Å². The number of amides is 1. The van der Waals surface area contributed by atoms with Crippen molar-refractivity contribution < 1.29 is 4.79 Å². The normalized spacial score (nSPS) is 15.8. The Hall–Kier alpha value is -1.31. The van der Waals surface area contributed by atoms with Crippen LogP contribution in [0.5, 0.6) is 0 Å². The van der Waals surface area contributed by atoms with E-state index in [1.54, 1.807) is 4.90 Å². The first-order valence-electron chi connectivity index (χ1n) is 4.49. The van der Waals surface area contributed by atoms with Crippen molar-refractivity contribution in [2.45, 2.75) is 19.9 Å². The predicted octanol–water partition coefficient (Wildman–Crippen LogP) is 1.51. The van der Waals surface area contributed by atoms with Crippen molar-refractivity contribution >= 4 is 5.91 Å². The Morgan fingerprint density at radius 1 is 1.31 bits per heavy atom. The Bertz CT molecular complexity index is 357. The highest BCUT2D eigenvalue weighted by molar-refractivity contribution is 5.80. The first-order valence-corrected chi connectivity index (χ1v) is 4.49. The summed E-state index contributed by atoms with van der Waals surface area (Å²) in [7, 11) is 1.85. The SMILES string of the molecule is Cc1ccc2c(c1)CN(C)C(=O)C2. The number of likely N-dealkylation sites (N-methyl/N-ethyl adjacent to an activating group) is 1. The van der Waals surface area contributed by atoms with Crippen LogP contribution < -0.4 is 0 Å². The lowest BCUT2D eigenvalue weighted by Gasteiger charge is -2.25. The summed E-state index contributed by atoms with van der Waals surface area (Å²) in [5.74, 6) is 0.219. The summed E-state index contributed by atoms with van der Waals surface area (Å²) in [5, 5.41) is 0. The van der Waals surface area contributed by atoms with Crippen LogP contribution in [-0.4, -0.2) is 17.9 Å². The Morgan fingerprint density at radius 2 is 2.08 bits per heavy atom. The maximum Gasteiger partial charge on any atom is 0.227 e. The standard InChI is InChI=1S/C11H13NO/c1-8-3-4-9-6-11(13)12(2)7-10(9)5-8/h3-5H,6-7H2,1-2H3. The van der Waals surface area contributed by atoms with Crippen LogP contribution in [0.25, 0.3) is 0 Å². The molecule has 0 atom stereocenters. The van der Waals surface area contributed by atoms with Gasteiger partial charge in [0.1, 0.15) is 0 Å². The third-order valence-corrected chi connectivity index (χ3v) is 2.54. The molecule has 0 aromatic heterocycles. The molecular weight excluding hydrogens is 162 g/mol. The average Bonchev–Trinajstić information content (AvgIpc) is 2.08. The van der Waals surface area contributed by atoms with Crippen molar-refractivity contribution in [3.63, 3.8) is 0 Å². The van der Waals surface area contributed by atoms with E-state index in [1.165, 1.54) is 16.7 Å². The van der Waals surface area contributed by atoms with Crippen LogP contribution in [0.2, 0.25) is 0 Å². The summed E-state index contributed by atoms with van der Waals surface area (Å²) in [6, 6.07) is 6.30. The molecule has 0 N–H and O–H groups in total. The van der Waals surface area contributed by atoms with Crippen molar-refractivity contribution in [2.24, 2.45) is 0 Å². The second-order valence-electron chi connectivity index (χ2n) is 3.70. The molecule has 1 aromatic rings. The zero-order valence-electron chi connectivity index (χ0n) is 8.00. The fraction of sp³-hybridized carbons (Fsp3) is 0.364. The number of hydrogen-bond acceptors (Lipinski definition) is 1. The number of carbonyl (C=O) groups excluding carboxylic acids is 1. The number of hydrogen-bond donors (Lipinski definition) is 0. The van der Waals surface area contributed by atoms with Gasteiger partial charge in [0.05, 0.1) is 6.42 Å². The van der Waals surface area contributed by atoms with Crippen LogP contribution >= 0.6 is 0 Å². The number of rotatable bonds is 0. The van der Waals surface area contributed by atoms with Gasteiger partial charge >= 0.3 is 0 Å². The maximum absolute atomic E-state index is 11.4. The number of nitrogens with zero attached hydrogens (tertiary/aromatic N) is 1. The molecule has 2 nitrogen and oxygen atoms in total. The van der Waals surface area contributed by atoms with E-state index in [0.29, 0.717) is 6.42 Å². The van der Waals surface area contributed by atoms with Crippen LogP contribution in [0.15, 0.2) is 18.2 Å². The molecule has 0 aliphatic carbocycles. The highest BCUT2D eigenvalue weighted by Crippen LogP contribution is 2.19. The molecule has 0 fully saturated rings. The molecule has 1 aromatic carbocycles. The van der Waals surface area contributed by atoms with E-state index in [1.807, 2.05) is 7.05 Å². The Morgan fingerprint density at radius 3 is 2.85 bits per heavy atom. The van der Waals surface area contributed by atoms with E-state index in [9.17, 15) is 4.79 Å². The van der Waals surface area contributed by atoms with Gasteiger partial charge in [0.2, 0.25) is 5.91 Å². The van der Waals surface area contributed by atoms with Crippen LogP contribution in [0.3, 0.4) is 0 Å². The first kappa shape index (κ1) is 8.30. The minimum atomic E-state index is 0.219. The highest BCUT2D eigenvalue weighted by Gasteiger charge is 2.19. The van der Waals surface area contributed by atoms with Gasteiger partial charge in [0, 0.05) is 13.6 Å². The molecule has 0 unspecified atom stereocenters. The zero-order valence-corrected chi connectivity index (χ0v) is 8.00. The number of carbonyl (C=O) groups is 1. The lowest BCUT2D eigenvalue weighted by molar-refractivity contribution is -0.130. The third-order valence-electron chi connectivity index (χ3n) is 2.54. The fourth-order valence-corrected chi connectivity index (χ4v) is 1.72. The fourth-order valence-electron chi connectivity index (χ4n) is 1.72. The van der Waals surface area contributed by atoms with E-state index in [4.69, 9.17) is 0 Å². The first-order chi connectivity index (χ1) is 6.16. The molecule has 2 heteroatoms. The topological polar surface area (TPSA) is 20.3 Å². The molecule has 2 rings (SSSR count). The van der Waals surface area contributed by atoms with E-state index in [2.05, 4.69) is 25.1 Å². The summed E-state index contributed by atoms with van der Waals surface area (Å²) < 4.78 is 0. The predicted molar refractivity (Wildman–Crippen MR) is 51.4 cm³/mol. The number of fused-ring (bicyclic) bond motifs is 1. The van der Waals surface area contributed by atoms with Crippen molar-refractivity contribution in [3.8, 4) is 0 Å². The van der Waals surface area contributed by atoms with Gasteiger partial charge in [-0.2, -0.15) is 0 Å². The maximum atomic E-state index is 11.4. The molecule has 1 aliphatic heterocycles.